The lowest BCUT2D eigenvalue weighted by molar-refractivity contribution is 0.377. The van der Waals surface area contributed by atoms with Crippen molar-refractivity contribution in [3.63, 3.8) is 0 Å². The molecule has 0 amide bonds. The Labute approximate surface area is 120 Å². The van der Waals surface area contributed by atoms with Crippen LogP contribution in [0.5, 0.6) is 5.75 Å². The number of aryl methyl sites for hydroxylation is 1. The number of rotatable bonds is 5. The first-order valence-corrected chi connectivity index (χ1v) is 6.46. The molecule has 21 heavy (non-hydrogen) atoms. The highest BCUT2D eigenvalue weighted by Gasteiger charge is 2.11. The van der Waals surface area contributed by atoms with Crippen molar-refractivity contribution in [2.24, 2.45) is 0 Å². The van der Waals surface area contributed by atoms with E-state index < -0.39 is 0 Å². The van der Waals surface area contributed by atoms with Crippen LogP contribution in [0.2, 0.25) is 0 Å². The molecule has 2 aromatic heterocycles. The SMILES string of the molecule is COc1cccc(Cc2nc(Cc3noc(C)n3)no2)c1. The van der Waals surface area contributed by atoms with Gasteiger partial charge in [-0.3, -0.25) is 0 Å². The lowest BCUT2D eigenvalue weighted by Crippen LogP contribution is -1.94. The van der Waals surface area contributed by atoms with E-state index in [2.05, 4.69) is 20.3 Å². The maximum atomic E-state index is 5.23. The van der Waals surface area contributed by atoms with Crippen LogP contribution < -0.4 is 4.74 Å². The molecule has 0 atom stereocenters. The highest BCUT2D eigenvalue weighted by atomic mass is 16.5. The van der Waals surface area contributed by atoms with Crippen molar-refractivity contribution >= 4 is 0 Å². The van der Waals surface area contributed by atoms with Gasteiger partial charge in [-0.25, -0.2) is 0 Å². The molecule has 0 aliphatic rings. The van der Waals surface area contributed by atoms with Crippen LogP contribution in [0, 0.1) is 6.92 Å². The van der Waals surface area contributed by atoms with E-state index in [0.29, 0.717) is 36.3 Å². The van der Waals surface area contributed by atoms with Crippen molar-refractivity contribution in [1.82, 2.24) is 20.3 Å². The van der Waals surface area contributed by atoms with E-state index in [1.807, 2.05) is 24.3 Å². The van der Waals surface area contributed by atoms with Crippen molar-refractivity contribution in [1.29, 1.82) is 0 Å². The van der Waals surface area contributed by atoms with Crippen LogP contribution in [0.25, 0.3) is 0 Å². The maximum absolute atomic E-state index is 5.23. The zero-order valence-electron chi connectivity index (χ0n) is 11.7. The summed E-state index contributed by atoms with van der Waals surface area (Å²) >= 11 is 0. The Morgan fingerprint density at radius 1 is 1.05 bits per heavy atom. The smallest absolute Gasteiger partial charge is 0.231 e. The Balaban J connectivity index is 1.69. The summed E-state index contributed by atoms with van der Waals surface area (Å²) in [7, 11) is 1.64. The van der Waals surface area contributed by atoms with Crippen molar-refractivity contribution in [3.05, 3.63) is 53.3 Å². The molecule has 0 radical (unpaired) electrons. The summed E-state index contributed by atoms with van der Waals surface area (Å²) in [6.07, 6.45) is 0.939. The second kappa shape index (κ2) is 5.74. The van der Waals surface area contributed by atoms with Crippen molar-refractivity contribution in [3.8, 4) is 5.75 Å². The number of hydrogen-bond donors (Lipinski definition) is 0. The summed E-state index contributed by atoms with van der Waals surface area (Å²) in [4.78, 5) is 8.43. The fraction of sp³-hybridized carbons (Fsp3) is 0.286. The normalized spacial score (nSPS) is 10.8. The van der Waals surface area contributed by atoms with E-state index in [-0.39, 0.29) is 0 Å². The molecule has 2 heterocycles. The van der Waals surface area contributed by atoms with E-state index in [9.17, 15) is 0 Å². The van der Waals surface area contributed by atoms with Crippen LogP contribution in [0.4, 0.5) is 0 Å². The zero-order chi connectivity index (χ0) is 14.7. The lowest BCUT2D eigenvalue weighted by Gasteiger charge is -2.01. The molecule has 0 bridgehead atoms. The lowest BCUT2D eigenvalue weighted by atomic mass is 10.1. The van der Waals surface area contributed by atoms with Crippen LogP contribution in [-0.2, 0) is 12.8 Å². The van der Waals surface area contributed by atoms with Gasteiger partial charge in [0.1, 0.15) is 5.75 Å². The Bertz CT molecular complexity index is 735. The number of methoxy groups -OCH3 is 1. The maximum Gasteiger partial charge on any atom is 0.231 e. The molecule has 0 fully saturated rings. The van der Waals surface area contributed by atoms with E-state index in [1.54, 1.807) is 14.0 Å². The van der Waals surface area contributed by atoms with Gasteiger partial charge in [0.05, 0.1) is 20.0 Å². The molecule has 0 N–H and O–H groups in total. The Morgan fingerprint density at radius 2 is 1.86 bits per heavy atom. The van der Waals surface area contributed by atoms with Gasteiger partial charge >= 0.3 is 0 Å². The number of aromatic nitrogens is 4. The summed E-state index contributed by atoms with van der Waals surface area (Å²) in [5, 5.41) is 7.72. The van der Waals surface area contributed by atoms with Crippen LogP contribution in [0.3, 0.4) is 0 Å². The van der Waals surface area contributed by atoms with Gasteiger partial charge in [0, 0.05) is 6.92 Å². The molecule has 1 aromatic carbocycles. The first-order chi connectivity index (χ1) is 10.2. The predicted molar refractivity (Wildman–Crippen MR) is 71.9 cm³/mol. The average Bonchev–Trinajstić information content (AvgIpc) is 3.09. The van der Waals surface area contributed by atoms with Gasteiger partial charge in [-0.1, -0.05) is 22.4 Å². The number of hydrogen-bond acceptors (Lipinski definition) is 7. The minimum absolute atomic E-state index is 0.388. The number of nitrogens with zero attached hydrogens (tertiary/aromatic N) is 4. The van der Waals surface area contributed by atoms with Gasteiger partial charge in [0.15, 0.2) is 11.6 Å². The third-order valence-electron chi connectivity index (χ3n) is 2.89. The molecular formula is C14H14N4O3. The number of benzene rings is 1. The second-order valence-corrected chi connectivity index (χ2v) is 4.54. The third kappa shape index (κ3) is 3.25. The molecule has 0 saturated heterocycles. The topological polar surface area (TPSA) is 87.1 Å². The Kier molecular flexibility index (Phi) is 3.63. The minimum Gasteiger partial charge on any atom is -0.497 e. The van der Waals surface area contributed by atoms with Gasteiger partial charge < -0.3 is 13.8 Å². The van der Waals surface area contributed by atoms with E-state index in [0.717, 1.165) is 11.3 Å². The molecule has 3 rings (SSSR count). The highest BCUT2D eigenvalue weighted by molar-refractivity contribution is 5.29. The van der Waals surface area contributed by atoms with Crippen LogP contribution in [0.1, 0.15) is 29.0 Å². The third-order valence-corrected chi connectivity index (χ3v) is 2.89. The van der Waals surface area contributed by atoms with E-state index in [4.69, 9.17) is 13.8 Å². The molecule has 7 heteroatoms. The fourth-order valence-electron chi connectivity index (χ4n) is 1.95. The van der Waals surface area contributed by atoms with Crippen LogP contribution in [0.15, 0.2) is 33.3 Å². The van der Waals surface area contributed by atoms with Gasteiger partial charge in [0.2, 0.25) is 11.8 Å². The molecule has 7 nitrogen and oxygen atoms in total. The quantitative estimate of drug-likeness (QED) is 0.708. The van der Waals surface area contributed by atoms with Gasteiger partial charge in [-0.2, -0.15) is 9.97 Å². The number of ether oxygens (including phenoxy) is 1. The largest absolute Gasteiger partial charge is 0.497 e. The molecule has 0 spiro atoms. The molecule has 0 unspecified atom stereocenters. The second-order valence-electron chi connectivity index (χ2n) is 4.54. The Hall–Kier alpha value is -2.70. The van der Waals surface area contributed by atoms with Gasteiger partial charge in [0.25, 0.3) is 0 Å². The van der Waals surface area contributed by atoms with Crippen molar-refractivity contribution in [2.45, 2.75) is 19.8 Å². The molecular weight excluding hydrogens is 272 g/mol. The Morgan fingerprint density at radius 3 is 2.62 bits per heavy atom. The summed E-state index contributed by atoms with van der Waals surface area (Å²) in [5.41, 5.74) is 1.04. The monoisotopic (exact) mass is 286 g/mol. The van der Waals surface area contributed by atoms with Gasteiger partial charge in [-0.15, -0.1) is 0 Å². The van der Waals surface area contributed by atoms with Gasteiger partial charge in [-0.05, 0) is 17.7 Å². The summed E-state index contributed by atoms with van der Waals surface area (Å²) < 4.78 is 15.3. The van der Waals surface area contributed by atoms with E-state index in [1.165, 1.54) is 0 Å². The van der Waals surface area contributed by atoms with E-state index >= 15 is 0 Å². The molecule has 0 saturated carbocycles. The summed E-state index contributed by atoms with van der Waals surface area (Å²) in [5.74, 6) is 2.94. The zero-order valence-corrected chi connectivity index (χ0v) is 11.7. The first-order valence-electron chi connectivity index (χ1n) is 6.46. The molecule has 3 aromatic rings. The average molecular weight is 286 g/mol. The molecule has 0 aliphatic heterocycles. The fourth-order valence-corrected chi connectivity index (χ4v) is 1.95. The van der Waals surface area contributed by atoms with Crippen molar-refractivity contribution < 1.29 is 13.8 Å². The predicted octanol–water partition coefficient (Wildman–Crippen LogP) is 1.95. The minimum atomic E-state index is 0.388. The molecule has 0 aliphatic carbocycles. The summed E-state index contributed by atoms with van der Waals surface area (Å²) in [6.45, 7) is 1.74. The van der Waals surface area contributed by atoms with Crippen molar-refractivity contribution in [2.75, 3.05) is 7.11 Å². The summed E-state index contributed by atoms with van der Waals surface area (Å²) in [6, 6.07) is 7.73. The molecule has 108 valence electrons. The van der Waals surface area contributed by atoms with Crippen LogP contribution >= 0.6 is 0 Å². The van der Waals surface area contributed by atoms with Crippen LogP contribution in [-0.4, -0.2) is 27.4 Å². The first kappa shape index (κ1) is 13.3. The standard InChI is InChI=1S/C14H14N4O3/c1-9-15-12(17-20-9)8-13-16-14(21-18-13)7-10-4-3-5-11(6-10)19-2/h3-6H,7-8H2,1-2H3. The highest BCUT2D eigenvalue weighted by Crippen LogP contribution is 2.15.